The first kappa shape index (κ1) is 13.1. The first-order valence-corrected chi connectivity index (χ1v) is 6.22. The Morgan fingerprint density at radius 2 is 2.17 bits per heavy atom. The van der Waals surface area contributed by atoms with Crippen LogP contribution in [-0.2, 0) is 19.1 Å². The van der Waals surface area contributed by atoms with Crippen LogP contribution in [0.1, 0.15) is 27.2 Å². The fraction of sp³-hybridized carbons (Fsp3) is 0.714. The van der Waals surface area contributed by atoms with Crippen molar-refractivity contribution >= 4 is 11.9 Å². The molecule has 0 aromatic carbocycles. The molecule has 1 heterocycles. The standard InChI is InChI=1S/C14H20O4/c1-8-10(6-11(15)17-5)9(2)14(4)12(16)18-7-13(8,14)3/h9-10H,1,6-7H2,2-5H3/t9-,10+,13?,14?/m1/s1. The van der Waals surface area contributed by atoms with Gasteiger partial charge in [-0.15, -0.1) is 0 Å². The average Bonchev–Trinajstić information content (AvgIpc) is 2.66. The van der Waals surface area contributed by atoms with Crippen LogP contribution in [0.2, 0.25) is 0 Å². The number of rotatable bonds is 2. The van der Waals surface area contributed by atoms with E-state index in [1.807, 2.05) is 20.8 Å². The minimum Gasteiger partial charge on any atom is -0.469 e. The molecule has 0 bridgehead atoms. The second kappa shape index (κ2) is 3.84. The van der Waals surface area contributed by atoms with E-state index in [1.54, 1.807) is 0 Å². The zero-order valence-corrected chi connectivity index (χ0v) is 11.4. The molecule has 1 aliphatic carbocycles. The zero-order valence-electron chi connectivity index (χ0n) is 11.4. The summed E-state index contributed by atoms with van der Waals surface area (Å²) < 4.78 is 9.96. The Bertz CT molecular complexity index is 428. The van der Waals surface area contributed by atoms with Gasteiger partial charge in [-0.1, -0.05) is 26.0 Å². The Morgan fingerprint density at radius 3 is 2.67 bits per heavy atom. The van der Waals surface area contributed by atoms with Gasteiger partial charge in [0.05, 0.1) is 18.9 Å². The lowest BCUT2D eigenvalue weighted by Crippen LogP contribution is -2.38. The number of carbonyl (C=O) groups is 2. The molecule has 0 amide bonds. The lowest BCUT2D eigenvalue weighted by Gasteiger charge is -2.32. The minimum absolute atomic E-state index is 0.0136. The SMILES string of the molecule is C=C1[C@H](CC(=O)OC)[C@@H](C)C2(C)C(=O)OCC12C. The number of hydrogen-bond acceptors (Lipinski definition) is 4. The highest BCUT2D eigenvalue weighted by Crippen LogP contribution is 2.65. The van der Waals surface area contributed by atoms with Crippen LogP contribution < -0.4 is 0 Å². The van der Waals surface area contributed by atoms with Crippen molar-refractivity contribution in [3.8, 4) is 0 Å². The predicted molar refractivity (Wildman–Crippen MR) is 65.6 cm³/mol. The van der Waals surface area contributed by atoms with Gasteiger partial charge < -0.3 is 9.47 Å². The van der Waals surface area contributed by atoms with Gasteiger partial charge in [-0.3, -0.25) is 9.59 Å². The molecule has 0 aromatic rings. The summed E-state index contributed by atoms with van der Waals surface area (Å²) in [6.45, 7) is 10.4. The molecule has 0 N–H and O–H groups in total. The fourth-order valence-electron chi connectivity index (χ4n) is 3.53. The van der Waals surface area contributed by atoms with Crippen molar-refractivity contribution in [2.75, 3.05) is 13.7 Å². The van der Waals surface area contributed by atoms with Gasteiger partial charge in [-0.25, -0.2) is 0 Å². The van der Waals surface area contributed by atoms with Crippen molar-refractivity contribution < 1.29 is 19.1 Å². The van der Waals surface area contributed by atoms with Gasteiger partial charge >= 0.3 is 11.9 Å². The summed E-state index contributed by atoms with van der Waals surface area (Å²) in [5.41, 5.74) is -0.0148. The molecule has 1 aliphatic heterocycles. The van der Waals surface area contributed by atoms with Crippen LogP contribution in [0.3, 0.4) is 0 Å². The Balaban J connectivity index is 2.37. The normalized spacial score (nSPS) is 42.7. The van der Waals surface area contributed by atoms with Gasteiger partial charge in [0.15, 0.2) is 0 Å². The van der Waals surface area contributed by atoms with E-state index >= 15 is 0 Å². The third-order valence-corrected chi connectivity index (χ3v) is 5.35. The van der Waals surface area contributed by atoms with E-state index in [-0.39, 0.29) is 35.6 Å². The molecule has 0 spiro atoms. The highest BCUT2D eigenvalue weighted by molar-refractivity contribution is 5.83. The Labute approximate surface area is 107 Å². The fourth-order valence-corrected chi connectivity index (χ4v) is 3.53. The molecule has 4 atom stereocenters. The average molecular weight is 252 g/mol. The Kier molecular flexibility index (Phi) is 2.80. The molecule has 1 saturated heterocycles. The maximum absolute atomic E-state index is 12.1. The molecule has 2 aliphatic rings. The maximum atomic E-state index is 12.1. The van der Waals surface area contributed by atoms with Crippen LogP contribution >= 0.6 is 0 Å². The lowest BCUT2D eigenvalue weighted by molar-refractivity contribution is -0.149. The summed E-state index contributed by atoms with van der Waals surface area (Å²) in [6.07, 6.45) is 0.287. The van der Waals surface area contributed by atoms with Crippen LogP contribution in [-0.4, -0.2) is 25.7 Å². The van der Waals surface area contributed by atoms with Crippen LogP contribution in [0.25, 0.3) is 0 Å². The highest BCUT2D eigenvalue weighted by atomic mass is 16.5. The molecular formula is C14H20O4. The van der Waals surface area contributed by atoms with Crippen molar-refractivity contribution in [3.63, 3.8) is 0 Å². The number of esters is 2. The van der Waals surface area contributed by atoms with Crippen LogP contribution in [0.15, 0.2) is 12.2 Å². The second-order valence-corrected chi connectivity index (χ2v) is 5.81. The van der Waals surface area contributed by atoms with Gasteiger partial charge in [-0.2, -0.15) is 0 Å². The number of hydrogen-bond donors (Lipinski definition) is 0. The van der Waals surface area contributed by atoms with E-state index in [9.17, 15) is 9.59 Å². The number of fused-ring (bicyclic) bond motifs is 1. The van der Waals surface area contributed by atoms with Gasteiger partial charge in [-0.05, 0) is 18.8 Å². The largest absolute Gasteiger partial charge is 0.469 e. The first-order valence-electron chi connectivity index (χ1n) is 6.22. The third kappa shape index (κ3) is 1.32. The van der Waals surface area contributed by atoms with Crippen molar-refractivity contribution in [2.45, 2.75) is 27.2 Å². The molecular weight excluding hydrogens is 232 g/mol. The van der Waals surface area contributed by atoms with Gasteiger partial charge in [0.1, 0.15) is 6.61 Å². The Morgan fingerprint density at radius 1 is 1.56 bits per heavy atom. The predicted octanol–water partition coefficient (Wildman–Crippen LogP) is 1.94. The summed E-state index contributed by atoms with van der Waals surface area (Å²) in [6, 6.07) is 0. The molecule has 2 rings (SSSR count). The van der Waals surface area contributed by atoms with E-state index in [0.29, 0.717) is 6.61 Å². The van der Waals surface area contributed by atoms with E-state index in [2.05, 4.69) is 6.58 Å². The summed E-state index contributed by atoms with van der Waals surface area (Å²) in [5.74, 6) is -0.413. The molecule has 2 unspecified atom stereocenters. The van der Waals surface area contributed by atoms with Crippen molar-refractivity contribution in [1.29, 1.82) is 0 Å². The quantitative estimate of drug-likeness (QED) is 0.556. The number of ether oxygens (including phenoxy) is 2. The Hall–Kier alpha value is -1.32. The van der Waals surface area contributed by atoms with Crippen LogP contribution in [0.5, 0.6) is 0 Å². The summed E-state index contributed by atoms with van der Waals surface area (Å²) >= 11 is 0. The van der Waals surface area contributed by atoms with Gasteiger partial charge in [0, 0.05) is 5.41 Å². The van der Waals surface area contributed by atoms with Crippen molar-refractivity contribution in [1.82, 2.24) is 0 Å². The second-order valence-electron chi connectivity index (χ2n) is 5.81. The highest BCUT2D eigenvalue weighted by Gasteiger charge is 2.68. The van der Waals surface area contributed by atoms with E-state index in [1.165, 1.54) is 7.11 Å². The molecule has 4 heteroatoms. The molecule has 0 aromatic heterocycles. The maximum Gasteiger partial charge on any atom is 0.313 e. The van der Waals surface area contributed by atoms with Crippen molar-refractivity contribution in [2.24, 2.45) is 22.7 Å². The van der Waals surface area contributed by atoms with Crippen LogP contribution in [0.4, 0.5) is 0 Å². The molecule has 18 heavy (non-hydrogen) atoms. The monoisotopic (exact) mass is 252 g/mol. The molecule has 0 radical (unpaired) electrons. The van der Waals surface area contributed by atoms with Gasteiger partial charge in [0.25, 0.3) is 0 Å². The van der Waals surface area contributed by atoms with E-state index < -0.39 is 5.41 Å². The van der Waals surface area contributed by atoms with E-state index in [0.717, 1.165) is 5.57 Å². The minimum atomic E-state index is -0.581. The van der Waals surface area contributed by atoms with Crippen LogP contribution in [0, 0.1) is 22.7 Å². The van der Waals surface area contributed by atoms with E-state index in [4.69, 9.17) is 9.47 Å². The molecule has 1 saturated carbocycles. The molecule has 2 fully saturated rings. The third-order valence-electron chi connectivity index (χ3n) is 5.35. The lowest BCUT2D eigenvalue weighted by atomic mass is 9.66. The smallest absolute Gasteiger partial charge is 0.313 e. The number of carbonyl (C=O) groups excluding carboxylic acids is 2. The number of cyclic esters (lactones) is 1. The topological polar surface area (TPSA) is 52.6 Å². The summed E-state index contributed by atoms with van der Waals surface area (Å²) in [7, 11) is 1.38. The van der Waals surface area contributed by atoms with Gasteiger partial charge in [0.2, 0.25) is 0 Å². The zero-order chi connectivity index (χ0) is 13.7. The summed E-state index contributed by atoms with van der Waals surface area (Å²) in [5, 5.41) is 0. The number of methoxy groups -OCH3 is 1. The molecule has 100 valence electrons. The summed E-state index contributed by atoms with van der Waals surface area (Å²) in [4.78, 5) is 23.5. The van der Waals surface area contributed by atoms with Crippen molar-refractivity contribution in [3.05, 3.63) is 12.2 Å². The molecule has 4 nitrogen and oxygen atoms in total. The first-order chi connectivity index (χ1) is 8.29.